The van der Waals surface area contributed by atoms with Gasteiger partial charge in [-0.15, -0.1) is 0 Å². The third kappa shape index (κ3) is 3.14. The smallest absolute Gasteiger partial charge is 0.0516 e. The molecule has 1 aliphatic carbocycles. The van der Waals surface area contributed by atoms with E-state index in [4.69, 9.17) is 0 Å². The molecule has 0 radical (unpaired) electrons. The van der Waals surface area contributed by atoms with Gasteiger partial charge in [-0.25, -0.2) is 0 Å². The Bertz CT molecular complexity index is 752. The van der Waals surface area contributed by atoms with E-state index < -0.39 is 0 Å². The van der Waals surface area contributed by atoms with Crippen molar-refractivity contribution >= 4 is 31.6 Å². The van der Waals surface area contributed by atoms with E-state index in [1.54, 1.807) is 5.19 Å². The lowest BCUT2D eigenvalue weighted by atomic mass is 9.93. The average Bonchev–Trinajstić information content (AvgIpc) is 2.57. The molecule has 3 aromatic carbocycles. The highest BCUT2D eigenvalue weighted by atomic mass is 28.2. The van der Waals surface area contributed by atoms with Gasteiger partial charge in [-0.2, -0.15) is 0 Å². The molecule has 0 aliphatic heterocycles. The molecular formula is C20H20Si. The minimum Gasteiger partial charge on any atom is -0.0795 e. The van der Waals surface area contributed by atoms with Crippen molar-refractivity contribution in [2.45, 2.75) is 13.0 Å². The monoisotopic (exact) mass is 288 g/mol. The van der Waals surface area contributed by atoms with Crippen molar-refractivity contribution in [1.82, 2.24) is 0 Å². The maximum atomic E-state index is 2.30. The molecule has 0 nitrogen and oxygen atoms in total. The molecule has 0 amide bonds. The van der Waals surface area contributed by atoms with E-state index in [-0.39, 0.29) is 9.52 Å². The van der Waals surface area contributed by atoms with Crippen LogP contribution in [0, 0.1) is 0 Å². The zero-order valence-electron chi connectivity index (χ0n) is 12.4. The lowest BCUT2D eigenvalue weighted by Crippen LogP contribution is -2.07. The van der Waals surface area contributed by atoms with Crippen LogP contribution in [0.4, 0.5) is 0 Å². The summed E-state index contributed by atoms with van der Waals surface area (Å²) in [5.41, 5.74) is 2.81. The first-order chi connectivity index (χ1) is 10.4. The van der Waals surface area contributed by atoms with Gasteiger partial charge in [0.15, 0.2) is 0 Å². The predicted octanol–water partition coefficient (Wildman–Crippen LogP) is 3.94. The summed E-state index contributed by atoms with van der Waals surface area (Å²) in [6.07, 6.45) is 5.53. The molecule has 0 atom stereocenters. The van der Waals surface area contributed by atoms with Gasteiger partial charge in [0.05, 0.1) is 9.52 Å². The topological polar surface area (TPSA) is 0 Å². The summed E-state index contributed by atoms with van der Waals surface area (Å²) in [5, 5.41) is 4.35. The SMILES string of the molecule is C1=Cc2cccc3cccc(c23)C1.C[SiH2]c1ccccc1. The molecule has 0 bridgehead atoms. The first kappa shape index (κ1) is 13.8. The zero-order chi connectivity index (χ0) is 14.5. The molecule has 104 valence electrons. The van der Waals surface area contributed by atoms with Crippen LogP contribution in [-0.4, -0.2) is 9.52 Å². The molecule has 0 spiro atoms. The van der Waals surface area contributed by atoms with E-state index in [0.717, 1.165) is 6.42 Å². The summed E-state index contributed by atoms with van der Waals surface area (Å²) in [6.45, 7) is 2.30. The van der Waals surface area contributed by atoms with E-state index in [2.05, 4.69) is 85.4 Å². The van der Waals surface area contributed by atoms with Crippen molar-refractivity contribution in [3.05, 3.63) is 83.9 Å². The minimum atomic E-state index is 0.0913. The van der Waals surface area contributed by atoms with Crippen LogP contribution in [0.15, 0.2) is 72.8 Å². The number of rotatable bonds is 1. The van der Waals surface area contributed by atoms with Crippen LogP contribution >= 0.6 is 0 Å². The molecule has 0 N–H and O–H groups in total. The first-order valence-electron chi connectivity index (χ1n) is 7.59. The van der Waals surface area contributed by atoms with Crippen molar-refractivity contribution in [2.75, 3.05) is 0 Å². The largest absolute Gasteiger partial charge is 0.0795 e. The molecule has 0 unspecified atom stereocenters. The van der Waals surface area contributed by atoms with Gasteiger partial charge in [-0.05, 0) is 28.3 Å². The van der Waals surface area contributed by atoms with Crippen molar-refractivity contribution in [1.29, 1.82) is 0 Å². The first-order valence-corrected chi connectivity index (χ1v) is 9.71. The van der Waals surface area contributed by atoms with E-state index >= 15 is 0 Å². The van der Waals surface area contributed by atoms with E-state index in [1.807, 2.05) is 0 Å². The summed E-state index contributed by atoms with van der Waals surface area (Å²) < 4.78 is 0. The Morgan fingerprint density at radius 3 is 2.29 bits per heavy atom. The van der Waals surface area contributed by atoms with E-state index in [0.29, 0.717) is 0 Å². The molecular weight excluding hydrogens is 268 g/mol. The highest BCUT2D eigenvalue weighted by Gasteiger charge is 2.06. The lowest BCUT2D eigenvalue weighted by Gasteiger charge is -2.11. The number of benzene rings is 3. The second-order valence-electron chi connectivity index (χ2n) is 5.31. The van der Waals surface area contributed by atoms with Crippen LogP contribution in [-0.2, 0) is 6.42 Å². The predicted molar refractivity (Wildman–Crippen MR) is 97.2 cm³/mol. The maximum Gasteiger partial charge on any atom is 0.0516 e. The van der Waals surface area contributed by atoms with Gasteiger partial charge in [0, 0.05) is 0 Å². The molecule has 0 heterocycles. The third-order valence-corrected chi connectivity index (χ3v) is 5.20. The maximum absolute atomic E-state index is 2.30. The van der Waals surface area contributed by atoms with Crippen LogP contribution in [0.5, 0.6) is 0 Å². The van der Waals surface area contributed by atoms with Crippen molar-refractivity contribution in [2.24, 2.45) is 0 Å². The van der Waals surface area contributed by atoms with Gasteiger partial charge in [0.1, 0.15) is 0 Å². The zero-order valence-corrected chi connectivity index (χ0v) is 13.8. The Kier molecular flexibility index (Phi) is 4.32. The third-order valence-electron chi connectivity index (χ3n) is 3.91. The summed E-state index contributed by atoms with van der Waals surface area (Å²) in [7, 11) is 0.0913. The van der Waals surface area contributed by atoms with Gasteiger partial charge in [0.25, 0.3) is 0 Å². The molecule has 3 aromatic rings. The second kappa shape index (κ2) is 6.55. The molecule has 1 aliphatic rings. The number of allylic oxidation sites excluding steroid dienone is 1. The number of hydrogen-bond donors (Lipinski definition) is 0. The summed E-state index contributed by atoms with van der Waals surface area (Å²) in [4.78, 5) is 0. The molecule has 0 aromatic heterocycles. The van der Waals surface area contributed by atoms with Crippen LogP contribution in [0.3, 0.4) is 0 Å². The Morgan fingerprint density at radius 1 is 0.810 bits per heavy atom. The highest BCUT2D eigenvalue weighted by molar-refractivity contribution is 6.51. The van der Waals surface area contributed by atoms with Crippen LogP contribution in [0.2, 0.25) is 6.55 Å². The van der Waals surface area contributed by atoms with Crippen LogP contribution in [0.25, 0.3) is 16.8 Å². The van der Waals surface area contributed by atoms with Crippen molar-refractivity contribution in [3.8, 4) is 0 Å². The minimum absolute atomic E-state index is 0.0913. The average molecular weight is 288 g/mol. The molecule has 1 heteroatoms. The highest BCUT2D eigenvalue weighted by Crippen LogP contribution is 2.27. The fourth-order valence-electron chi connectivity index (χ4n) is 2.79. The summed E-state index contributed by atoms with van der Waals surface area (Å²) >= 11 is 0. The lowest BCUT2D eigenvalue weighted by molar-refractivity contribution is 1.29. The van der Waals surface area contributed by atoms with Crippen molar-refractivity contribution < 1.29 is 0 Å². The van der Waals surface area contributed by atoms with Crippen LogP contribution in [0.1, 0.15) is 11.1 Å². The van der Waals surface area contributed by atoms with Crippen molar-refractivity contribution in [3.63, 3.8) is 0 Å². The Hall–Kier alpha value is -2.12. The van der Waals surface area contributed by atoms with E-state index in [1.165, 1.54) is 21.9 Å². The number of hydrogen-bond acceptors (Lipinski definition) is 0. The fourth-order valence-corrected chi connectivity index (χ4v) is 3.53. The molecule has 0 saturated carbocycles. The summed E-state index contributed by atoms with van der Waals surface area (Å²) in [5.74, 6) is 0. The molecule has 0 saturated heterocycles. The second-order valence-corrected chi connectivity index (χ2v) is 6.83. The quantitative estimate of drug-likeness (QED) is 0.595. The molecule has 0 fully saturated rings. The summed E-state index contributed by atoms with van der Waals surface area (Å²) in [6, 6.07) is 23.7. The Balaban J connectivity index is 0.000000143. The Labute approximate surface area is 129 Å². The molecule has 21 heavy (non-hydrogen) atoms. The Morgan fingerprint density at radius 2 is 1.57 bits per heavy atom. The normalized spacial score (nSPS) is 12.4. The fraction of sp³-hybridized carbons (Fsp3) is 0.100. The standard InChI is InChI=1S/C13H10.C7H10Si/c1-4-10-6-2-8-12-9-3-7-11(5-1)13(10)12;1-8-7-5-3-2-4-6-7/h1-8H,9H2;2-6H,8H2,1H3. The van der Waals surface area contributed by atoms with Crippen LogP contribution < -0.4 is 5.19 Å². The van der Waals surface area contributed by atoms with E-state index in [9.17, 15) is 0 Å². The van der Waals surface area contributed by atoms with Gasteiger partial charge in [-0.3, -0.25) is 0 Å². The molecule has 4 rings (SSSR count). The van der Waals surface area contributed by atoms with Gasteiger partial charge in [0.2, 0.25) is 0 Å². The van der Waals surface area contributed by atoms with Gasteiger partial charge >= 0.3 is 0 Å². The van der Waals surface area contributed by atoms with Gasteiger partial charge in [-0.1, -0.05) is 90.6 Å². The van der Waals surface area contributed by atoms with Gasteiger partial charge < -0.3 is 0 Å².